The first kappa shape index (κ1) is 15.5. The Labute approximate surface area is 112 Å². The second kappa shape index (κ2) is 8.52. The van der Waals surface area contributed by atoms with Crippen molar-refractivity contribution in [2.24, 2.45) is 5.92 Å². The molecular formula is C15H30N2O. The summed E-state index contributed by atoms with van der Waals surface area (Å²) in [5.74, 6) is 0.879. The monoisotopic (exact) mass is 254 g/mol. The first-order chi connectivity index (χ1) is 8.59. The maximum atomic E-state index is 11.9. The van der Waals surface area contributed by atoms with Gasteiger partial charge >= 0.3 is 0 Å². The second-order valence-electron chi connectivity index (χ2n) is 6.00. The molecule has 1 fully saturated rings. The molecule has 3 nitrogen and oxygen atoms in total. The molecule has 1 amide bonds. The smallest absolute Gasteiger partial charge is 0.220 e. The van der Waals surface area contributed by atoms with Gasteiger partial charge in [-0.15, -0.1) is 0 Å². The summed E-state index contributed by atoms with van der Waals surface area (Å²) in [6.07, 6.45) is 7.94. The van der Waals surface area contributed by atoms with Gasteiger partial charge in [0.05, 0.1) is 0 Å². The third-order valence-electron chi connectivity index (χ3n) is 3.84. The van der Waals surface area contributed by atoms with Gasteiger partial charge in [0.15, 0.2) is 0 Å². The summed E-state index contributed by atoms with van der Waals surface area (Å²) in [7, 11) is 0. The van der Waals surface area contributed by atoms with Crippen molar-refractivity contribution in [3.63, 3.8) is 0 Å². The minimum absolute atomic E-state index is 0.235. The van der Waals surface area contributed by atoms with Gasteiger partial charge in [-0.25, -0.2) is 0 Å². The molecule has 0 spiro atoms. The van der Waals surface area contributed by atoms with E-state index in [2.05, 4.69) is 31.4 Å². The number of rotatable bonds is 6. The van der Waals surface area contributed by atoms with Gasteiger partial charge in [0.2, 0.25) is 5.91 Å². The van der Waals surface area contributed by atoms with E-state index in [-0.39, 0.29) is 5.91 Å². The highest BCUT2D eigenvalue weighted by atomic mass is 16.1. The van der Waals surface area contributed by atoms with E-state index in [1.165, 1.54) is 25.7 Å². The van der Waals surface area contributed by atoms with Crippen LogP contribution in [0.2, 0.25) is 0 Å². The number of carbonyl (C=O) groups is 1. The van der Waals surface area contributed by atoms with E-state index < -0.39 is 0 Å². The zero-order valence-corrected chi connectivity index (χ0v) is 12.3. The van der Waals surface area contributed by atoms with Crippen molar-refractivity contribution in [1.82, 2.24) is 10.6 Å². The van der Waals surface area contributed by atoms with Crippen LogP contribution in [0.3, 0.4) is 0 Å². The molecule has 1 aliphatic rings. The topological polar surface area (TPSA) is 41.1 Å². The van der Waals surface area contributed by atoms with Crippen LogP contribution in [0.1, 0.15) is 65.7 Å². The molecule has 1 saturated carbocycles. The minimum Gasteiger partial charge on any atom is -0.353 e. The van der Waals surface area contributed by atoms with E-state index in [1.807, 2.05) is 0 Å². The molecule has 0 aromatic rings. The summed E-state index contributed by atoms with van der Waals surface area (Å²) < 4.78 is 0. The number of hydrogen-bond donors (Lipinski definition) is 2. The molecule has 2 unspecified atom stereocenters. The van der Waals surface area contributed by atoms with Crippen LogP contribution < -0.4 is 10.6 Å². The average molecular weight is 254 g/mol. The lowest BCUT2D eigenvalue weighted by Crippen LogP contribution is -2.39. The Hall–Kier alpha value is -0.570. The summed E-state index contributed by atoms with van der Waals surface area (Å²) >= 11 is 0. The van der Waals surface area contributed by atoms with Gasteiger partial charge in [-0.1, -0.05) is 40.0 Å². The van der Waals surface area contributed by atoms with Gasteiger partial charge in [-0.3, -0.25) is 4.79 Å². The van der Waals surface area contributed by atoms with Crippen molar-refractivity contribution in [3.8, 4) is 0 Å². The minimum atomic E-state index is 0.235. The van der Waals surface area contributed by atoms with E-state index in [9.17, 15) is 4.79 Å². The molecule has 0 aromatic heterocycles. The summed E-state index contributed by atoms with van der Waals surface area (Å²) in [4.78, 5) is 11.9. The third-order valence-corrected chi connectivity index (χ3v) is 3.84. The van der Waals surface area contributed by atoms with E-state index in [0.29, 0.717) is 24.4 Å². The molecule has 0 radical (unpaired) electrons. The normalized spacial score (nSPS) is 24.9. The van der Waals surface area contributed by atoms with Crippen molar-refractivity contribution >= 4 is 5.91 Å². The highest BCUT2D eigenvalue weighted by Crippen LogP contribution is 2.22. The Morgan fingerprint density at radius 1 is 1.22 bits per heavy atom. The SMILES string of the molecule is CC(C)NCCCC(=O)NC1CCCCCC1C. The molecule has 0 heterocycles. The first-order valence-corrected chi connectivity index (χ1v) is 7.62. The Morgan fingerprint density at radius 3 is 2.67 bits per heavy atom. The summed E-state index contributed by atoms with van der Waals surface area (Å²) in [5.41, 5.74) is 0. The maximum Gasteiger partial charge on any atom is 0.220 e. The van der Waals surface area contributed by atoms with Crippen molar-refractivity contribution in [2.75, 3.05) is 6.54 Å². The lowest BCUT2D eigenvalue weighted by atomic mass is 9.97. The maximum absolute atomic E-state index is 11.9. The summed E-state index contributed by atoms with van der Waals surface area (Å²) in [5, 5.41) is 6.57. The Balaban J connectivity index is 2.17. The highest BCUT2D eigenvalue weighted by Gasteiger charge is 2.21. The summed E-state index contributed by atoms with van der Waals surface area (Å²) in [6, 6.07) is 0.924. The van der Waals surface area contributed by atoms with Crippen LogP contribution in [0.15, 0.2) is 0 Å². The molecule has 0 saturated heterocycles. The van der Waals surface area contributed by atoms with Crippen LogP contribution >= 0.6 is 0 Å². The van der Waals surface area contributed by atoms with Crippen molar-refractivity contribution < 1.29 is 4.79 Å². The largest absolute Gasteiger partial charge is 0.353 e. The van der Waals surface area contributed by atoms with E-state index >= 15 is 0 Å². The molecule has 18 heavy (non-hydrogen) atoms. The number of amides is 1. The molecule has 0 bridgehead atoms. The molecule has 3 heteroatoms. The number of carbonyl (C=O) groups excluding carboxylic acids is 1. The van der Waals surface area contributed by atoms with Crippen LogP contribution in [0.5, 0.6) is 0 Å². The fraction of sp³-hybridized carbons (Fsp3) is 0.933. The fourth-order valence-electron chi connectivity index (χ4n) is 2.63. The predicted molar refractivity (Wildman–Crippen MR) is 76.6 cm³/mol. The molecule has 2 N–H and O–H groups in total. The van der Waals surface area contributed by atoms with Crippen molar-refractivity contribution in [2.45, 2.75) is 77.8 Å². The van der Waals surface area contributed by atoms with Gasteiger partial charge in [0.25, 0.3) is 0 Å². The van der Waals surface area contributed by atoms with Gasteiger partial charge in [0.1, 0.15) is 0 Å². The molecule has 1 aliphatic carbocycles. The zero-order valence-electron chi connectivity index (χ0n) is 12.3. The molecule has 0 aliphatic heterocycles. The zero-order chi connectivity index (χ0) is 13.4. The predicted octanol–water partition coefficient (Wildman–Crippen LogP) is 2.85. The van der Waals surface area contributed by atoms with E-state index in [1.54, 1.807) is 0 Å². The first-order valence-electron chi connectivity index (χ1n) is 7.62. The quantitative estimate of drug-likeness (QED) is 0.565. The summed E-state index contributed by atoms with van der Waals surface area (Å²) in [6.45, 7) is 7.47. The van der Waals surface area contributed by atoms with Gasteiger partial charge in [0, 0.05) is 18.5 Å². The lowest BCUT2D eigenvalue weighted by molar-refractivity contribution is -0.122. The Bertz CT molecular complexity index is 241. The highest BCUT2D eigenvalue weighted by molar-refractivity contribution is 5.76. The van der Waals surface area contributed by atoms with Crippen LogP contribution in [0.4, 0.5) is 0 Å². The standard InChI is InChI=1S/C15H30N2O/c1-12(2)16-11-7-10-15(18)17-14-9-6-4-5-8-13(14)3/h12-14,16H,4-11H2,1-3H3,(H,17,18). The molecule has 0 aromatic carbocycles. The third kappa shape index (κ3) is 6.39. The van der Waals surface area contributed by atoms with Gasteiger partial charge < -0.3 is 10.6 Å². The van der Waals surface area contributed by atoms with Gasteiger partial charge in [-0.05, 0) is 31.7 Å². The van der Waals surface area contributed by atoms with E-state index in [0.717, 1.165) is 19.4 Å². The number of hydrogen-bond acceptors (Lipinski definition) is 2. The lowest BCUT2D eigenvalue weighted by Gasteiger charge is -2.22. The van der Waals surface area contributed by atoms with Crippen molar-refractivity contribution in [3.05, 3.63) is 0 Å². The van der Waals surface area contributed by atoms with E-state index in [4.69, 9.17) is 0 Å². The Morgan fingerprint density at radius 2 is 1.94 bits per heavy atom. The average Bonchev–Trinajstić information content (AvgIpc) is 2.50. The number of nitrogens with one attached hydrogen (secondary N) is 2. The second-order valence-corrected chi connectivity index (χ2v) is 6.00. The Kier molecular flexibility index (Phi) is 7.33. The molecule has 2 atom stereocenters. The molecular weight excluding hydrogens is 224 g/mol. The van der Waals surface area contributed by atoms with Crippen LogP contribution in [-0.2, 0) is 4.79 Å². The van der Waals surface area contributed by atoms with Gasteiger partial charge in [-0.2, -0.15) is 0 Å². The van der Waals surface area contributed by atoms with Crippen molar-refractivity contribution in [1.29, 1.82) is 0 Å². The van der Waals surface area contributed by atoms with Crippen LogP contribution in [0, 0.1) is 5.92 Å². The molecule has 106 valence electrons. The van der Waals surface area contributed by atoms with Crippen LogP contribution in [0.25, 0.3) is 0 Å². The van der Waals surface area contributed by atoms with Crippen LogP contribution in [-0.4, -0.2) is 24.5 Å². The fourth-order valence-corrected chi connectivity index (χ4v) is 2.63. The molecule has 1 rings (SSSR count).